The van der Waals surface area contributed by atoms with Crippen molar-refractivity contribution in [1.82, 2.24) is 10.4 Å². The van der Waals surface area contributed by atoms with Crippen molar-refractivity contribution in [1.29, 1.82) is 0 Å². The fourth-order valence-corrected chi connectivity index (χ4v) is 2.49. The lowest BCUT2D eigenvalue weighted by molar-refractivity contribution is -0.213. The number of carbonyl (C=O) groups is 1. The van der Waals surface area contributed by atoms with E-state index < -0.39 is 6.23 Å². The second kappa shape index (κ2) is 24.8. The largest absolute Gasteiger partial charge is 0.385 e. The number of amides is 1. The normalized spacial score (nSPS) is 12.2. The molecule has 0 saturated carbocycles. The number of rotatable bonds is 25. The van der Waals surface area contributed by atoms with Gasteiger partial charge >= 0.3 is 0 Å². The number of hydrogen-bond acceptors (Lipinski definition) is 9. The lowest BCUT2D eigenvalue weighted by Crippen LogP contribution is -2.42. The van der Waals surface area contributed by atoms with Crippen LogP contribution in [0.1, 0.15) is 38.5 Å². The maximum atomic E-state index is 12.1. The molecule has 0 aliphatic rings. The molecule has 0 aliphatic heterocycles. The van der Waals surface area contributed by atoms with Crippen LogP contribution >= 0.6 is 0 Å². The van der Waals surface area contributed by atoms with Gasteiger partial charge in [0.15, 0.2) is 6.23 Å². The summed E-state index contributed by atoms with van der Waals surface area (Å²) in [6, 6.07) is 0. The van der Waals surface area contributed by atoms with Crippen LogP contribution in [0.15, 0.2) is 0 Å². The maximum absolute atomic E-state index is 12.1. The van der Waals surface area contributed by atoms with Gasteiger partial charge in [-0.2, -0.15) is 0 Å². The molecule has 0 radical (unpaired) electrons. The minimum absolute atomic E-state index is 0.0357. The number of hydrogen-bond donors (Lipinski definition) is 1. The first-order chi connectivity index (χ1) is 15.7. The number of ether oxygens (including phenoxy) is 6. The average Bonchev–Trinajstić information content (AvgIpc) is 2.80. The van der Waals surface area contributed by atoms with Crippen molar-refractivity contribution in [3.8, 4) is 0 Å². The van der Waals surface area contributed by atoms with Gasteiger partial charge in [-0.1, -0.05) is 0 Å². The van der Waals surface area contributed by atoms with Crippen molar-refractivity contribution >= 4 is 5.91 Å². The van der Waals surface area contributed by atoms with Crippen molar-refractivity contribution in [3.63, 3.8) is 0 Å². The number of unbranched alkanes of at least 4 members (excludes halogenated alkanes) is 2. The molecule has 1 unspecified atom stereocenters. The molecule has 192 valence electrons. The van der Waals surface area contributed by atoms with E-state index in [0.29, 0.717) is 26.4 Å². The first-order valence-electron chi connectivity index (χ1n) is 11.5. The van der Waals surface area contributed by atoms with Crippen molar-refractivity contribution in [2.24, 2.45) is 0 Å². The van der Waals surface area contributed by atoms with Gasteiger partial charge in [-0.3, -0.25) is 10.1 Å². The number of hydroxylamine groups is 2. The summed E-state index contributed by atoms with van der Waals surface area (Å²) < 4.78 is 32.0. The standard InChI is InChI=1S/C22H46N2O8/c1-23-21(19-30-15-8-7-14-28-16-9-12-27-4)32-24(2)22(25)20-31-18-10-17-29-13-6-5-11-26-3/h21,23H,5-20H2,1-4H3. The molecular weight excluding hydrogens is 420 g/mol. The van der Waals surface area contributed by atoms with Crippen LogP contribution < -0.4 is 5.32 Å². The molecule has 0 saturated heterocycles. The number of nitrogens with zero attached hydrogens (tertiary/aromatic N) is 1. The van der Waals surface area contributed by atoms with E-state index in [9.17, 15) is 4.79 Å². The third-order valence-corrected chi connectivity index (χ3v) is 4.38. The SMILES string of the molecule is CNC(COCCCCOCCCOC)ON(C)C(=O)COCCCOCCCCOC. The Morgan fingerprint density at radius 1 is 0.719 bits per heavy atom. The highest BCUT2D eigenvalue weighted by molar-refractivity contribution is 5.76. The lowest BCUT2D eigenvalue weighted by Gasteiger charge is -2.23. The van der Waals surface area contributed by atoms with Gasteiger partial charge in [-0.05, 0) is 45.6 Å². The molecule has 32 heavy (non-hydrogen) atoms. The molecule has 0 aromatic carbocycles. The number of nitrogens with one attached hydrogen (secondary N) is 1. The molecule has 0 spiro atoms. The second-order valence-corrected chi connectivity index (χ2v) is 7.23. The third-order valence-electron chi connectivity index (χ3n) is 4.38. The van der Waals surface area contributed by atoms with Crippen LogP contribution in [0, 0.1) is 0 Å². The van der Waals surface area contributed by atoms with Crippen LogP contribution in [0.3, 0.4) is 0 Å². The molecule has 0 aliphatic carbocycles. The van der Waals surface area contributed by atoms with E-state index in [-0.39, 0.29) is 12.5 Å². The van der Waals surface area contributed by atoms with Crippen LogP contribution in [0.4, 0.5) is 0 Å². The third kappa shape index (κ3) is 21.0. The van der Waals surface area contributed by atoms with E-state index in [1.807, 2.05) is 0 Å². The zero-order chi connectivity index (χ0) is 23.7. The fraction of sp³-hybridized carbons (Fsp3) is 0.955. The molecule has 0 rings (SSSR count). The summed E-state index contributed by atoms with van der Waals surface area (Å²) in [5.74, 6) is -0.253. The molecule has 1 N–H and O–H groups in total. The van der Waals surface area contributed by atoms with E-state index >= 15 is 0 Å². The summed E-state index contributed by atoms with van der Waals surface area (Å²) in [4.78, 5) is 17.7. The highest BCUT2D eigenvalue weighted by Gasteiger charge is 2.15. The Hall–Kier alpha value is -0.850. The topological polar surface area (TPSA) is 97.0 Å². The van der Waals surface area contributed by atoms with Gasteiger partial charge in [-0.15, -0.1) is 0 Å². The molecule has 0 aromatic rings. The van der Waals surface area contributed by atoms with Crippen molar-refractivity contribution in [3.05, 3.63) is 0 Å². The van der Waals surface area contributed by atoms with E-state index in [0.717, 1.165) is 71.6 Å². The number of carbonyl (C=O) groups excluding carboxylic acids is 1. The summed E-state index contributed by atoms with van der Waals surface area (Å²) >= 11 is 0. The predicted molar refractivity (Wildman–Crippen MR) is 121 cm³/mol. The highest BCUT2D eigenvalue weighted by atomic mass is 16.7. The van der Waals surface area contributed by atoms with E-state index in [2.05, 4.69) is 5.32 Å². The average molecular weight is 467 g/mol. The Labute approximate surface area is 194 Å². The molecular formula is C22H46N2O8. The van der Waals surface area contributed by atoms with Gasteiger partial charge in [0.1, 0.15) is 6.61 Å². The maximum Gasteiger partial charge on any atom is 0.271 e. The Morgan fingerprint density at radius 3 is 1.78 bits per heavy atom. The van der Waals surface area contributed by atoms with Gasteiger partial charge in [0.25, 0.3) is 5.91 Å². The summed E-state index contributed by atoms with van der Waals surface area (Å²) in [5.41, 5.74) is 0. The summed E-state index contributed by atoms with van der Waals surface area (Å²) in [5, 5.41) is 4.17. The van der Waals surface area contributed by atoms with E-state index in [1.54, 1.807) is 28.3 Å². The Kier molecular flexibility index (Phi) is 24.1. The van der Waals surface area contributed by atoms with Crippen molar-refractivity contribution < 1.29 is 38.1 Å². The minimum Gasteiger partial charge on any atom is -0.385 e. The Morgan fingerprint density at radius 2 is 1.19 bits per heavy atom. The lowest BCUT2D eigenvalue weighted by atomic mass is 10.3. The number of likely N-dealkylation sites (N-methyl/N-ethyl adjacent to an activating group) is 2. The van der Waals surface area contributed by atoms with Crippen LogP contribution in [0.5, 0.6) is 0 Å². The summed E-state index contributed by atoms with van der Waals surface area (Å²) in [7, 11) is 6.71. The summed E-state index contributed by atoms with van der Waals surface area (Å²) in [6.45, 7) is 5.64. The van der Waals surface area contributed by atoms with Gasteiger partial charge in [0, 0.05) is 74.1 Å². The number of methoxy groups -OCH3 is 2. The van der Waals surface area contributed by atoms with Gasteiger partial charge in [0.2, 0.25) is 0 Å². The monoisotopic (exact) mass is 466 g/mol. The quantitative estimate of drug-likeness (QED) is 0.122. The highest BCUT2D eigenvalue weighted by Crippen LogP contribution is 1.99. The van der Waals surface area contributed by atoms with Gasteiger partial charge in [-0.25, -0.2) is 9.90 Å². The van der Waals surface area contributed by atoms with Crippen LogP contribution in [-0.4, -0.2) is 112 Å². The zero-order valence-corrected chi connectivity index (χ0v) is 20.6. The smallest absolute Gasteiger partial charge is 0.271 e. The first kappa shape index (κ1) is 31.1. The van der Waals surface area contributed by atoms with Gasteiger partial charge < -0.3 is 28.4 Å². The molecule has 0 bridgehead atoms. The van der Waals surface area contributed by atoms with E-state index in [1.165, 1.54) is 5.06 Å². The second-order valence-electron chi connectivity index (χ2n) is 7.23. The molecule has 10 nitrogen and oxygen atoms in total. The Balaban J connectivity index is 3.61. The molecule has 1 amide bonds. The fourth-order valence-electron chi connectivity index (χ4n) is 2.49. The van der Waals surface area contributed by atoms with Crippen LogP contribution in [0.2, 0.25) is 0 Å². The van der Waals surface area contributed by atoms with Crippen molar-refractivity contribution in [2.45, 2.75) is 44.8 Å². The molecule has 10 heteroatoms. The molecule has 0 fully saturated rings. The molecule has 1 atom stereocenters. The Bertz CT molecular complexity index is 404. The predicted octanol–water partition coefficient (Wildman–Crippen LogP) is 1.62. The molecule has 0 heterocycles. The minimum atomic E-state index is -0.416. The van der Waals surface area contributed by atoms with Crippen molar-refractivity contribution in [2.75, 3.05) is 94.4 Å². The first-order valence-corrected chi connectivity index (χ1v) is 11.5. The van der Waals surface area contributed by atoms with E-state index in [4.69, 9.17) is 33.3 Å². The van der Waals surface area contributed by atoms with Crippen LogP contribution in [-0.2, 0) is 38.1 Å². The van der Waals surface area contributed by atoms with Crippen LogP contribution in [0.25, 0.3) is 0 Å². The zero-order valence-electron chi connectivity index (χ0n) is 20.6. The van der Waals surface area contributed by atoms with Gasteiger partial charge in [0.05, 0.1) is 6.61 Å². The summed E-state index contributed by atoms with van der Waals surface area (Å²) in [6.07, 6.45) is 5.06. The molecule has 0 aromatic heterocycles.